The SMILES string of the molecule is Cc1[nH]c(C)c(S(=O)(=O)N2CCC(C(=O)Nc3cccnc3)CC2)c1C(=O)N1CCCCC1. The van der Waals surface area contributed by atoms with Crippen molar-refractivity contribution in [1.82, 2.24) is 19.2 Å². The number of piperidine rings is 2. The predicted molar refractivity (Wildman–Crippen MR) is 124 cm³/mol. The summed E-state index contributed by atoms with van der Waals surface area (Å²) in [6.07, 6.45) is 7.01. The summed E-state index contributed by atoms with van der Waals surface area (Å²) in [5, 5.41) is 2.85. The molecule has 4 heterocycles. The first-order valence-electron chi connectivity index (χ1n) is 11.5. The first kappa shape index (κ1) is 23.4. The van der Waals surface area contributed by atoms with Gasteiger partial charge in [-0.3, -0.25) is 14.6 Å². The molecular weight excluding hydrogens is 442 g/mol. The molecule has 2 amide bonds. The minimum atomic E-state index is -3.88. The van der Waals surface area contributed by atoms with Crippen LogP contribution < -0.4 is 5.32 Å². The number of aromatic amines is 1. The van der Waals surface area contributed by atoms with Gasteiger partial charge in [-0.05, 0) is 58.1 Å². The number of hydrogen-bond donors (Lipinski definition) is 2. The Morgan fingerprint density at radius 3 is 2.39 bits per heavy atom. The standard InChI is InChI=1S/C23H31N5O4S/c1-16-20(23(30)27-11-4-3-5-12-27)21(17(2)25-16)33(31,32)28-13-8-18(9-14-28)22(29)26-19-7-6-10-24-15-19/h6-7,10,15,18,25H,3-5,8-9,11-14H2,1-2H3,(H,26,29). The molecule has 4 rings (SSSR count). The van der Waals surface area contributed by atoms with Crippen molar-refractivity contribution in [1.29, 1.82) is 0 Å². The maximum Gasteiger partial charge on any atom is 0.257 e. The van der Waals surface area contributed by atoms with E-state index in [1.54, 1.807) is 43.3 Å². The monoisotopic (exact) mass is 473 g/mol. The molecule has 0 saturated carbocycles. The fourth-order valence-electron chi connectivity index (χ4n) is 4.76. The molecule has 2 aromatic heterocycles. The van der Waals surface area contributed by atoms with Gasteiger partial charge >= 0.3 is 0 Å². The van der Waals surface area contributed by atoms with Crippen molar-refractivity contribution in [3.05, 3.63) is 41.5 Å². The van der Waals surface area contributed by atoms with Crippen molar-refractivity contribution in [2.45, 2.75) is 50.8 Å². The third kappa shape index (κ3) is 4.81. The summed E-state index contributed by atoms with van der Waals surface area (Å²) < 4.78 is 28.7. The van der Waals surface area contributed by atoms with Crippen LogP contribution in [0.3, 0.4) is 0 Å². The van der Waals surface area contributed by atoms with Crippen LogP contribution in [0.2, 0.25) is 0 Å². The van der Waals surface area contributed by atoms with Gasteiger partial charge in [-0.15, -0.1) is 0 Å². The van der Waals surface area contributed by atoms with E-state index >= 15 is 0 Å². The van der Waals surface area contributed by atoms with E-state index in [0.29, 0.717) is 43.0 Å². The Balaban J connectivity index is 1.49. The Morgan fingerprint density at radius 2 is 1.76 bits per heavy atom. The molecule has 2 saturated heterocycles. The highest BCUT2D eigenvalue weighted by Crippen LogP contribution is 2.31. The summed E-state index contributed by atoms with van der Waals surface area (Å²) in [7, 11) is -3.88. The molecule has 178 valence electrons. The smallest absolute Gasteiger partial charge is 0.257 e. The number of sulfonamides is 1. The lowest BCUT2D eigenvalue weighted by atomic mass is 9.97. The topological polar surface area (TPSA) is 115 Å². The van der Waals surface area contributed by atoms with Gasteiger partial charge in [0, 0.05) is 49.7 Å². The summed E-state index contributed by atoms with van der Waals surface area (Å²) >= 11 is 0. The van der Waals surface area contributed by atoms with Crippen LogP contribution in [-0.4, -0.2) is 65.6 Å². The van der Waals surface area contributed by atoms with Crippen molar-refractivity contribution >= 4 is 27.5 Å². The minimum absolute atomic E-state index is 0.0776. The van der Waals surface area contributed by atoms with Gasteiger partial charge in [-0.2, -0.15) is 4.31 Å². The van der Waals surface area contributed by atoms with Crippen LogP contribution in [0.1, 0.15) is 53.8 Å². The summed E-state index contributed by atoms with van der Waals surface area (Å²) in [4.78, 5) is 34.8. The molecule has 0 atom stereocenters. The molecule has 0 unspecified atom stereocenters. The number of aryl methyl sites for hydroxylation is 2. The van der Waals surface area contributed by atoms with Gasteiger partial charge in [0.05, 0.1) is 17.4 Å². The fraction of sp³-hybridized carbons (Fsp3) is 0.522. The largest absolute Gasteiger partial charge is 0.361 e. The average Bonchev–Trinajstić information content (AvgIpc) is 3.14. The van der Waals surface area contributed by atoms with Gasteiger partial charge in [0.25, 0.3) is 5.91 Å². The Morgan fingerprint density at radius 1 is 1.06 bits per heavy atom. The fourth-order valence-corrected chi connectivity index (χ4v) is 6.65. The molecular formula is C23H31N5O4S. The number of amides is 2. The molecule has 2 aliphatic rings. The summed E-state index contributed by atoms with van der Waals surface area (Å²) in [6.45, 7) is 5.21. The number of pyridine rings is 1. The number of nitrogens with one attached hydrogen (secondary N) is 2. The van der Waals surface area contributed by atoms with Crippen molar-refractivity contribution in [3.8, 4) is 0 Å². The third-order valence-electron chi connectivity index (χ3n) is 6.53. The van der Waals surface area contributed by atoms with Crippen molar-refractivity contribution in [2.75, 3.05) is 31.5 Å². The van der Waals surface area contributed by atoms with Gasteiger partial charge in [0.1, 0.15) is 4.90 Å². The second-order valence-corrected chi connectivity index (χ2v) is 10.7. The van der Waals surface area contributed by atoms with Gasteiger partial charge in [-0.1, -0.05) is 0 Å². The minimum Gasteiger partial charge on any atom is -0.361 e. The lowest BCUT2D eigenvalue weighted by Gasteiger charge is -2.31. The van der Waals surface area contributed by atoms with E-state index in [1.807, 2.05) is 0 Å². The number of carbonyl (C=O) groups is 2. The lowest BCUT2D eigenvalue weighted by Crippen LogP contribution is -2.42. The maximum atomic E-state index is 13.6. The van der Waals surface area contributed by atoms with E-state index in [9.17, 15) is 18.0 Å². The quantitative estimate of drug-likeness (QED) is 0.693. The van der Waals surface area contributed by atoms with Gasteiger partial charge in [0.15, 0.2) is 0 Å². The molecule has 2 aromatic rings. The molecule has 2 aliphatic heterocycles. The number of nitrogens with zero attached hydrogens (tertiary/aromatic N) is 3. The van der Waals surface area contributed by atoms with Gasteiger partial charge < -0.3 is 15.2 Å². The first-order valence-corrected chi connectivity index (χ1v) is 12.9. The zero-order chi connectivity index (χ0) is 23.6. The Labute approximate surface area is 194 Å². The van der Waals surface area contributed by atoms with Crippen LogP contribution in [0, 0.1) is 19.8 Å². The predicted octanol–water partition coefficient (Wildman–Crippen LogP) is 2.69. The second-order valence-electron chi connectivity index (χ2n) is 8.84. The first-order chi connectivity index (χ1) is 15.8. The van der Waals surface area contributed by atoms with Crippen molar-refractivity contribution in [2.24, 2.45) is 5.92 Å². The maximum absolute atomic E-state index is 13.6. The average molecular weight is 474 g/mol. The summed E-state index contributed by atoms with van der Waals surface area (Å²) in [6, 6.07) is 3.51. The number of likely N-dealkylation sites (tertiary alicyclic amines) is 1. The normalized spacial score (nSPS) is 18.3. The van der Waals surface area contributed by atoms with Crippen LogP contribution >= 0.6 is 0 Å². The van der Waals surface area contributed by atoms with Crippen molar-refractivity contribution < 1.29 is 18.0 Å². The van der Waals surface area contributed by atoms with E-state index in [1.165, 1.54) is 4.31 Å². The number of carbonyl (C=O) groups excluding carboxylic acids is 2. The molecule has 0 aliphatic carbocycles. The number of hydrogen-bond acceptors (Lipinski definition) is 5. The zero-order valence-corrected chi connectivity index (χ0v) is 20.0. The van der Waals surface area contributed by atoms with E-state index < -0.39 is 10.0 Å². The molecule has 2 N–H and O–H groups in total. The van der Waals surface area contributed by atoms with E-state index in [4.69, 9.17) is 0 Å². The van der Waals surface area contributed by atoms with Gasteiger partial charge in [0.2, 0.25) is 15.9 Å². The third-order valence-corrected chi connectivity index (χ3v) is 8.60. The zero-order valence-electron chi connectivity index (χ0n) is 19.1. The molecule has 9 nitrogen and oxygen atoms in total. The van der Waals surface area contributed by atoms with Crippen LogP contribution in [0.4, 0.5) is 5.69 Å². The molecule has 0 spiro atoms. The molecule has 2 fully saturated rings. The Kier molecular flexibility index (Phi) is 6.85. The van der Waals surface area contributed by atoms with Crippen LogP contribution in [-0.2, 0) is 14.8 Å². The highest BCUT2D eigenvalue weighted by molar-refractivity contribution is 7.89. The van der Waals surface area contributed by atoms with Crippen molar-refractivity contribution in [3.63, 3.8) is 0 Å². The molecule has 0 radical (unpaired) electrons. The van der Waals surface area contributed by atoms with E-state index in [-0.39, 0.29) is 41.3 Å². The summed E-state index contributed by atoms with van der Waals surface area (Å²) in [5.41, 5.74) is 1.93. The van der Waals surface area contributed by atoms with E-state index in [2.05, 4.69) is 15.3 Å². The number of rotatable bonds is 5. The summed E-state index contributed by atoms with van der Waals surface area (Å²) in [5.74, 6) is -0.629. The number of aromatic nitrogens is 2. The molecule has 10 heteroatoms. The molecule has 33 heavy (non-hydrogen) atoms. The highest BCUT2D eigenvalue weighted by Gasteiger charge is 2.38. The van der Waals surface area contributed by atoms with Crippen LogP contribution in [0.25, 0.3) is 0 Å². The van der Waals surface area contributed by atoms with Gasteiger partial charge in [-0.25, -0.2) is 8.42 Å². The second kappa shape index (κ2) is 9.64. The Hall–Kier alpha value is -2.72. The molecule has 0 aromatic carbocycles. The molecule has 0 bridgehead atoms. The number of anilines is 1. The van der Waals surface area contributed by atoms with Crippen LogP contribution in [0.5, 0.6) is 0 Å². The lowest BCUT2D eigenvalue weighted by molar-refractivity contribution is -0.120. The number of H-pyrrole nitrogens is 1. The Bertz CT molecular complexity index is 1120. The highest BCUT2D eigenvalue weighted by atomic mass is 32.2. The van der Waals surface area contributed by atoms with Crippen LogP contribution in [0.15, 0.2) is 29.4 Å². The van der Waals surface area contributed by atoms with E-state index in [0.717, 1.165) is 19.3 Å².